The highest BCUT2D eigenvalue weighted by molar-refractivity contribution is 6.32. The molecular formula is C17H20ClNO2. The van der Waals surface area contributed by atoms with E-state index in [2.05, 4.69) is 5.32 Å². The van der Waals surface area contributed by atoms with Crippen LogP contribution in [0.4, 0.5) is 5.69 Å². The van der Waals surface area contributed by atoms with Gasteiger partial charge in [0.15, 0.2) is 0 Å². The summed E-state index contributed by atoms with van der Waals surface area (Å²) in [5, 5.41) is 13.8. The van der Waals surface area contributed by atoms with E-state index in [-0.39, 0.29) is 17.9 Å². The molecule has 0 aliphatic carbocycles. The van der Waals surface area contributed by atoms with E-state index in [1.165, 1.54) is 0 Å². The van der Waals surface area contributed by atoms with E-state index in [1.807, 2.05) is 51.1 Å². The Labute approximate surface area is 130 Å². The highest BCUT2D eigenvalue weighted by Crippen LogP contribution is 2.31. The average molecular weight is 306 g/mol. The van der Waals surface area contributed by atoms with Gasteiger partial charge < -0.3 is 15.2 Å². The van der Waals surface area contributed by atoms with Crippen LogP contribution < -0.4 is 10.1 Å². The number of nitrogens with one attached hydrogen (secondary N) is 1. The van der Waals surface area contributed by atoms with Crippen molar-refractivity contribution in [2.75, 3.05) is 5.32 Å². The first-order valence-electron chi connectivity index (χ1n) is 6.98. The van der Waals surface area contributed by atoms with Gasteiger partial charge in [-0.15, -0.1) is 0 Å². The van der Waals surface area contributed by atoms with Crippen LogP contribution in [0.2, 0.25) is 5.02 Å². The monoisotopic (exact) mass is 305 g/mol. The van der Waals surface area contributed by atoms with Gasteiger partial charge in [-0.1, -0.05) is 29.8 Å². The minimum absolute atomic E-state index is 0.0286. The standard InChI is InChI=1S/C17H20ClNO2/c1-11(2)21-17-9-8-13(10-15(17)18)19-12(3)14-6-4-5-7-16(14)20/h4-12,19-20H,1-3H3. The third-order valence-electron chi connectivity index (χ3n) is 3.08. The molecule has 0 amide bonds. The predicted octanol–water partition coefficient (Wildman–Crippen LogP) is 5.01. The fourth-order valence-electron chi connectivity index (χ4n) is 2.12. The van der Waals surface area contributed by atoms with E-state index in [0.29, 0.717) is 10.8 Å². The normalized spacial score (nSPS) is 12.2. The molecule has 0 fully saturated rings. The van der Waals surface area contributed by atoms with Crippen molar-refractivity contribution in [1.82, 2.24) is 0 Å². The molecule has 1 unspecified atom stereocenters. The van der Waals surface area contributed by atoms with Gasteiger partial charge in [0.2, 0.25) is 0 Å². The first-order chi connectivity index (χ1) is 9.97. The molecule has 0 radical (unpaired) electrons. The number of ether oxygens (including phenoxy) is 1. The summed E-state index contributed by atoms with van der Waals surface area (Å²) < 4.78 is 5.61. The number of phenolic OH excluding ortho intramolecular Hbond substituents is 1. The second-order valence-electron chi connectivity index (χ2n) is 5.24. The molecule has 112 valence electrons. The summed E-state index contributed by atoms with van der Waals surface area (Å²) in [6, 6.07) is 12.8. The highest BCUT2D eigenvalue weighted by atomic mass is 35.5. The van der Waals surface area contributed by atoms with Gasteiger partial charge in [-0.25, -0.2) is 0 Å². The van der Waals surface area contributed by atoms with Crippen LogP contribution >= 0.6 is 11.6 Å². The Kier molecular flexibility index (Phi) is 4.97. The summed E-state index contributed by atoms with van der Waals surface area (Å²) in [4.78, 5) is 0. The molecule has 0 saturated heterocycles. The second-order valence-corrected chi connectivity index (χ2v) is 5.64. The van der Waals surface area contributed by atoms with Gasteiger partial charge in [0.25, 0.3) is 0 Å². The molecular weight excluding hydrogens is 286 g/mol. The van der Waals surface area contributed by atoms with Gasteiger partial charge in [0, 0.05) is 11.3 Å². The number of aromatic hydroxyl groups is 1. The van der Waals surface area contributed by atoms with Gasteiger partial charge in [-0.05, 0) is 45.0 Å². The smallest absolute Gasteiger partial charge is 0.138 e. The van der Waals surface area contributed by atoms with Crippen molar-refractivity contribution in [3.05, 3.63) is 53.1 Å². The van der Waals surface area contributed by atoms with Gasteiger partial charge in [-0.2, -0.15) is 0 Å². The minimum atomic E-state index is -0.0286. The van der Waals surface area contributed by atoms with Crippen molar-refractivity contribution in [1.29, 1.82) is 0 Å². The molecule has 2 N–H and O–H groups in total. The molecule has 0 aliphatic rings. The summed E-state index contributed by atoms with van der Waals surface area (Å²) in [6.07, 6.45) is 0.0847. The zero-order valence-electron chi connectivity index (χ0n) is 12.4. The first kappa shape index (κ1) is 15.5. The molecule has 4 heteroatoms. The number of phenols is 1. The molecule has 2 aromatic carbocycles. The maximum atomic E-state index is 9.87. The summed E-state index contributed by atoms with van der Waals surface area (Å²) in [7, 11) is 0. The summed E-state index contributed by atoms with van der Waals surface area (Å²) >= 11 is 6.22. The van der Waals surface area contributed by atoms with Crippen molar-refractivity contribution in [3.63, 3.8) is 0 Å². The number of hydrogen-bond donors (Lipinski definition) is 2. The Morgan fingerprint density at radius 3 is 2.43 bits per heavy atom. The molecule has 21 heavy (non-hydrogen) atoms. The molecule has 0 spiro atoms. The van der Waals surface area contributed by atoms with Crippen LogP contribution in [-0.4, -0.2) is 11.2 Å². The van der Waals surface area contributed by atoms with Gasteiger partial charge >= 0.3 is 0 Å². The molecule has 0 heterocycles. The maximum absolute atomic E-state index is 9.87. The Balaban J connectivity index is 2.13. The zero-order chi connectivity index (χ0) is 15.4. The van der Waals surface area contributed by atoms with E-state index < -0.39 is 0 Å². The summed E-state index contributed by atoms with van der Waals surface area (Å²) in [5.74, 6) is 0.954. The van der Waals surface area contributed by atoms with Gasteiger partial charge in [0.05, 0.1) is 17.2 Å². The van der Waals surface area contributed by atoms with E-state index >= 15 is 0 Å². The number of halogens is 1. The van der Waals surface area contributed by atoms with E-state index in [0.717, 1.165) is 11.3 Å². The predicted molar refractivity (Wildman–Crippen MR) is 87.4 cm³/mol. The quantitative estimate of drug-likeness (QED) is 0.816. The lowest BCUT2D eigenvalue weighted by Crippen LogP contribution is -2.08. The number of benzene rings is 2. The lowest BCUT2D eigenvalue weighted by molar-refractivity contribution is 0.242. The third kappa shape index (κ3) is 4.05. The van der Waals surface area contributed by atoms with Crippen LogP contribution in [0.5, 0.6) is 11.5 Å². The van der Waals surface area contributed by atoms with Crippen molar-refractivity contribution in [3.8, 4) is 11.5 Å². The van der Waals surface area contributed by atoms with Crippen molar-refractivity contribution in [2.24, 2.45) is 0 Å². The fraction of sp³-hybridized carbons (Fsp3) is 0.294. The lowest BCUT2D eigenvalue weighted by atomic mass is 10.1. The summed E-state index contributed by atoms with van der Waals surface area (Å²) in [6.45, 7) is 5.91. The minimum Gasteiger partial charge on any atom is -0.508 e. The molecule has 0 aromatic heterocycles. The third-order valence-corrected chi connectivity index (χ3v) is 3.38. The number of rotatable bonds is 5. The Morgan fingerprint density at radius 2 is 1.81 bits per heavy atom. The molecule has 1 atom stereocenters. The SMILES string of the molecule is CC(C)Oc1ccc(NC(C)c2ccccc2O)cc1Cl. The number of hydrogen-bond acceptors (Lipinski definition) is 3. The zero-order valence-corrected chi connectivity index (χ0v) is 13.2. The molecule has 0 saturated carbocycles. The van der Waals surface area contributed by atoms with Crippen molar-refractivity contribution in [2.45, 2.75) is 32.9 Å². The van der Waals surface area contributed by atoms with Crippen LogP contribution in [-0.2, 0) is 0 Å². The van der Waals surface area contributed by atoms with Crippen LogP contribution in [0.15, 0.2) is 42.5 Å². The molecule has 3 nitrogen and oxygen atoms in total. The van der Waals surface area contributed by atoms with Crippen LogP contribution in [0.1, 0.15) is 32.4 Å². The number of anilines is 1. The first-order valence-corrected chi connectivity index (χ1v) is 7.36. The molecule has 0 aliphatic heterocycles. The summed E-state index contributed by atoms with van der Waals surface area (Å²) in [5.41, 5.74) is 1.72. The molecule has 2 aromatic rings. The van der Waals surface area contributed by atoms with Crippen molar-refractivity contribution >= 4 is 17.3 Å². The Hall–Kier alpha value is -1.87. The van der Waals surface area contributed by atoms with E-state index in [4.69, 9.17) is 16.3 Å². The van der Waals surface area contributed by atoms with Crippen LogP contribution in [0.3, 0.4) is 0 Å². The van der Waals surface area contributed by atoms with E-state index in [9.17, 15) is 5.11 Å². The maximum Gasteiger partial charge on any atom is 0.138 e. The number of para-hydroxylation sites is 1. The van der Waals surface area contributed by atoms with Gasteiger partial charge in [-0.3, -0.25) is 0 Å². The molecule has 0 bridgehead atoms. The van der Waals surface area contributed by atoms with Crippen molar-refractivity contribution < 1.29 is 9.84 Å². The van der Waals surface area contributed by atoms with Crippen LogP contribution in [0, 0.1) is 0 Å². The van der Waals surface area contributed by atoms with Crippen LogP contribution in [0.25, 0.3) is 0 Å². The van der Waals surface area contributed by atoms with E-state index in [1.54, 1.807) is 12.1 Å². The van der Waals surface area contributed by atoms with Gasteiger partial charge in [0.1, 0.15) is 11.5 Å². The Bertz CT molecular complexity index is 613. The largest absolute Gasteiger partial charge is 0.508 e. The highest BCUT2D eigenvalue weighted by Gasteiger charge is 2.11. The lowest BCUT2D eigenvalue weighted by Gasteiger charge is -2.18. The average Bonchev–Trinajstić information content (AvgIpc) is 2.42. The molecule has 2 rings (SSSR count). The Morgan fingerprint density at radius 1 is 1.10 bits per heavy atom. The topological polar surface area (TPSA) is 41.5 Å². The second kappa shape index (κ2) is 6.72. The fourth-order valence-corrected chi connectivity index (χ4v) is 2.35.